The second-order valence-corrected chi connectivity index (χ2v) is 11.8. The van der Waals surface area contributed by atoms with Gasteiger partial charge in [-0.05, 0) is 67.1 Å². The summed E-state index contributed by atoms with van der Waals surface area (Å²) in [6, 6.07) is 5.67. The Morgan fingerprint density at radius 3 is 2.71 bits per heavy atom. The second-order valence-electron chi connectivity index (χ2n) is 9.65. The molecule has 10 heteroatoms. The zero-order chi connectivity index (χ0) is 24.0. The molecule has 5 rings (SSSR count). The van der Waals surface area contributed by atoms with E-state index in [0.29, 0.717) is 22.5 Å². The fourth-order valence-electron chi connectivity index (χ4n) is 4.57. The molecule has 2 aromatic heterocycles. The van der Waals surface area contributed by atoms with Crippen LogP contribution in [0.1, 0.15) is 61.9 Å². The van der Waals surface area contributed by atoms with E-state index in [9.17, 15) is 8.42 Å². The molecule has 180 valence electrons. The fourth-order valence-corrected chi connectivity index (χ4v) is 6.28. The highest BCUT2D eigenvalue weighted by Crippen LogP contribution is 2.43. The summed E-state index contributed by atoms with van der Waals surface area (Å²) in [4.78, 5) is 5.08. The lowest BCUT2D eigenvalue weighted by molar-refractivity contribution is 0.561. The standard InChI is InChI=1S/C24H30N6O2S2/c1-14(2)12-27-34(31,32)21-10-16-6-7-19(28-24(33)29-22-8-9-26-30(22)3)23(16)18-13-25-20(11-17(18)21)15-4-5-15/h8-11,13-15,19,27H,4-7,12H2,1-3H3,(H2,28,29,33). The summed E-state index contributed by atoms with van der Waals surface area (Å²) in [7, 11) is -1.80. The Hall–Kier alpha value is -2.56. The highest BCUT2D eigenvalue weighted by molar-refractivity contribution is 7.89. The van der Waals surface area contributed by atoms with Crippen molar-refractivity contribution in [3.63, 3.8) is 0 Å². The topological polar surface area (TPSA) is 101 Å². The molecule has 1 saturated carbocycles. The molecule has 0 spiro atoms. The van der Waals surface area contributed by atoms with E-state index < -0.39 is 10.0 Å². The van der Waals surface area contributed by atoms with Crippen LogP contribution in [0, 0.1) is 5.92 Å². The average Bonchev–Trinajstić information content (AvgIpc) is 3.46. The summed E-state index contributed by atoms with van der Waals surface area (Å²) < 4.78 is 31.2. The third-order valence-corrected chi connectivity index (χ3v) is 8.20. The summed E-state index contributed by atoms with van der Waals surface area (Å²) in [6.45, 7) is 4.40. The number of hydrogen-bond donors (Lipinski definition) is 3. The number of benzene rings is 1. The van der Waals surface area contributed by atoms with Crippen molar-refractivity contribution in [3.05, 3.63) is 47.4 Å². The van der Waals surface area contributed by atoms with Gasteiger partial charge in [-0.25, -0.2) is 13.1 Å². The molecule has 34 heavy (non-hydrogen) atoms. The van der Waals surface area contributed by atoms with Gasteiger partial charge in [0.15, 0.2) is 5.11 Å². The van der Waals surface area contributed by atoms with Crippen LogP contribution < -0.4 is 15.4 Å². The first-order valence-corrected chi connectivity index (χ1v) is 13.6. The second kappa shape index (κ2) is 8.90. The van der Waals surface area contributed by atoms with Crippen molar-refractivity contribution in [3.8, 4) is 0 Å². The summed E-state index contributed by atoms with van der Waals surface area (Å²) >= 11 is 5.57. The minimum atomic E-state index is -3.65. The molecule has 1 aromatic carbocycles. The maximum Gasteiger partial charge on any atom is 0.241 e. The number of aromatic nitrogens is 3. The number of hydrogen-bond acceptors (Lipinski definition) is 5. The maximum absolute atomic E-state index is 13.3. The van der Waals surface area contributed by atoms with Crippen LogP contribution in [0.3, 0.4) is 0 Å². The van der Waals surface area contributed by atoms with E-state index >= 15 is 0 Å². The van der Waals surface area contributed by atoms with Crippen LogP contribution in [0.2, 0.25) is 0 Å². The lowest BCUT2D eigenvalue weighted by Gasteiger charge is -2.20. The van der Waals surface area contributed by atoms with Gasteiger partial charge in [0.25, 0.3) is 0 Å². The Bertz CT molecular complexity index is 1360. The molecular formula is C24H30N6O2S2. The maximum atomic E-state index is 13.3. The molecule has 3 N–H and O–H groups in total. The number of fused-ring (bicyclic) bond motifs is 3. The van der Waals surface area contributed by atoms with Gasteiger partial charge in [0.1, 0.15) is 5.82 Å². The number of aryl methyl sites for hydroxylation is 2. The van der Waals surface area contributed by atoms with Crippen molar-refractivity contribution >= 4 is 43.9 Å². The predicted molar refractivity (Wildman–Crippen MR) is 137 cm³/mol. The molecule has 2 aliphatic carbocycles. The Balaban J connectivity index is 1.53. The number of thiocarbonyl (C=S) groups is 1. The Kier molecular flexibility index (Phi) is 6.07. The number of nitrogens with zero attached hydrogens (tertiary/aromatic N) is 3. The van der Waals surface area contributed by atoms with Gasteiger partial charge in [-0.15, -0.1) is 0 Å². The van der Waals surface area contributed by atoms with Crippen LogP contribution in [0.4, 0.5) is 5.82 Å². The van der Waals surface area contributed by atoms with Crippen molar-refractivity contribution in [2.75, 3.05) is 11.9 Å². The van der Waals surface area contributed by atoms with Crippen LogP contribution in [-0.2, 0) is 23.5 Å². The smallest absolute Gasteiger partial charge is 0.241 e. The monoisotopic (exact) mass is 498 g/mol. The molecule has 1 atom stereocenters. The molecule has 0 bridgehead atoms. The Labute approximate surface area is 205 Å². The van der Waals surface area contributed by atoms with Gasteiger partial charge in [-0.1, -0.05) is 13.8 Å². The molecule has 0 aliphatic heterocycles. The van der Waals surface area contributed by atoms with Gasteiger partial charge >= 0.3 is 0 Å². The summed E-state index contributed by atoms with van der Waals surface area (Å²) in [5, 5.41) is 12.9. The zero-order valence-electron chi connectivity index (χ0n) is 19.6. The normalized spacial score (nSPS) is 17.8. The molecule has 2 aliphatic rings. The zero-order valence-corrected chi connectivity index (χ0v) is 21.3. The molecule has 0 radical (unpaired) electrons. The molecule has 3 aromatic rings. The highest BCUT2D eigenvalue weighted by atomic mass is 32.2. The quantitative estimate of drug-likeness (QED) is 0.427. The van der Waals surface area contributed by atoms with Gasteiger partial charge in [-0.3, -0.25) is 9.67 Å². The van der Waals surface area contributed by atoms with Crippen LogP contribution in [0.15, 0.2) is 35.5 Å². The van der Waals surface area contributed by atoms with Crippen molar-refractivity contribution in [2.24, 2.45) is 13.0 Å². The van der Waals surface area contributed by atoms with Crippen molar-refractivity contribution in [1.82, 2.24) is 24.8 Å². The number of rotatable bonds is 7. The molecule has 1 fully saturated rings. The molecule has 1 unspecified atom stereocenters. The van der Waals surface area contributed by atoms with E-state index in [1.165, 1.54) is 0 Å². The van der Waals surface area contributed by atoms with E-state index in [-0.39, 0.29) is 12.0 Å². The Morgan fingerprint density at radius 1 is 1.24 bits per heavy atom. The Morgan fingerprint density at radius 2 is 2.03 bits per heavy atom. The van der Waals surface area contributed by atoms with Crippen LogP contribution in [-0.4, -0.2) is 34.8 Å². The lowest BCUT2D eigenvalue weighted by atomic mass is 9.99. The molecular weight excluding hydrogens is 468 g/mol. The first-order chi connectivity index (χ1) is 16.2. The van der Waals surface area contributed by atoms with E-state index in [1.807, 2.05) is 45.3 Å². The first kappa shape index (κ1) is 23.2. The minimum absolute atomic E-state index is 0.0281. The van der Waals surface area contributed by atoms with Crippen LogP contribution >= 0.6 is 12.2 Å². The first-order valence-electron chi connectivity index (χ1n) is 11.7. The van der Waals surface area contributed by atoms with Crippen LogP contribution in [0.5, 0.6) is 0 Å². The summed E-state index contributed by atoms with van der Waals surface area (Å²) in [5.41, 5.74) is 3.09. The third-order valence-electron chi connectivity index (χ3n) is 6.52. The minimum Gasteiger partial charge on any atom is -0.356 e. The van der Waals surface area contributed by atoms with Gasteiger partial charge < -0.3 is 10.6 Å². The van der Waals surface area contributed by atoms with E-state index in [0.717, 1.165) is 59.1 Å². The molecule has 2 heterocycles. The van der Waals surface area contributed by atoms with Crippen molar-refractivity contribution in [1.29, 1.82) is 0 Å². The van der Waals surface area contributed by atoms with Crippen LogP contribution in [0.25, 0.3) is 10.8 Å². The number of sulfonamides is 1. The number of nitrogens with one attached hydrogen (secondary N) is 3. The largest absolute Gasteiger partial charge is 0.356 e. The fraction of sp³-hybridized carbons (Fsp3) is 0.458. The van der Waals surface area contributed by atoms with Crippen molar-refractivity contribution < 1.29 is 8.42 Å². The van der Waals surface area contributed by atoms with Gasteiger partial charge in [0, 0.05) is 48.2 Å². The molecule has 0 saturated heterocycles. The highest BCUT2D eigenvalue weighted by Gasteiger charge is 2.32. The van der Waals surface area contributed by atoms with E-state index in [1.54, 1.807) is 10.9 Å². The van der Waals surface area contributed by atoms with E-state index in [2.05, 4.69) is 20.5 Å². The average molecular weight is 499 g/mol. The number of anilines is 1. The van der Waals surface area contributed by atoms with Gasteiger partial charge in [0.2, 0.25) is 10.0 Å². The van der Waals surface area contributed by atoms with Crippen molar-refractivity contribution in [2.45, 2.75) is 56.4 Å². The molecule has 0 amide bonds. The summed E-state index contributed by atoms with van der Waals surface area (Å²) in [5.74, 6) is 1.45. The summed E-state index contributed by atoms with van der Waals surface area (Å²) in [6.07, 6.45) is 7.38. The van der Waals surface area contributed by atoms with Gasteiger partial charge in [-0.2, -0.15) is 5.10 Å². The van der Waals surface area contributed by atoms with Gasteiger partial charge in [0.05, 0.1) is 17.1 Å². The molecule has 8 nitrogen and oxygen atoms in total. The number of pyridine rings is 1. The SMILES string of the molecule is CC(C)CNS(=O)(=O)c1cc2c(c3cnc(C4CC4)cc13)C(NC(=S)Nc1ccnn1C)CC2. The predicted octanol–water partition coefficient (Wildman–Crippen LogP) is 3.75. The van der Waals surface area contributed by atoms with E-state index in [4.69, 9.17) is 17.2 Å². The third kappa shape index (κ3) is 4.54. The lowest BCUT2D eigenvalue weighted by Crippen LogP contribution is -2.32.